The van der Waals surface area contributed by atoms with Gasteiger partial charge in [0.2, 0.25) is 0 Å². The van der Waals surface area contributed by atoms with E-state index in [9.17, 15) is 9.18 Å². The Morgan fingerprint density at radius 1 is 1.33 bits per heavy atom. The van der Waals surface area contributed by atoms with Crippen LogP contribution in [0.4, 0.5) is 4.39 Å². The molecule has 0 aromatic heterocycles. The van der Waals surface area contributed by atoms with Gasteiger partial charge in [0.05, 0.1) is 4.47 Å². The lowest BCUT2D eigenvalue weighted by atomic mass is 9.98. The average Bonchev–Trinajstić information content (AvgIpc) is 2.79. The van der Waals surface area contributed by atoms with Crippen LogP contribution in [0.5, 0.6) is 0 Å². The number of carbonyl (C=O) groups excluding carboxylic acids is 1. The van der Waals surface area contributed by atoms with Crippen molar-refractivity contribution in [2.45, 2.75) is 43.8 Å². The van der Waals surface area contributed by atoms with E-state index >= 15 is 0 Å². The van der Waals surface area contributed by atoms with Gasteiger partial charge in [0.1, 0.15) is 5.82 Å². The molecule has 2 fully saturated rings. The van der Waals surface area contributed by atoms with E-state index in [1.807, 2.05) is 11.9 Å². The molecule has 0 radical (unpaired) electrons. The molecule has 0 aliphatic carbocycles. The van der Waals surface area contributed by atoms with Crippen molar-refractivity contribution in [1.82, 2.24) is 10.2 Å². The summed E-state index contributed by atoms with van der Waals surface area (Å²) in [5.41, 5.74) is 0.534. The van der Waals surface area contributed by atoms with Gasteiger partial charge in [-0.25, -0.2) is 4.39 Å². The normalized spacial score (nSPS) is 27.1. The molecule has 2 aliphatic heterocycles. The Balaban J connectivity index is 0.00000161. The summed E-state index contributed by atoms with van der Waals surface area (Å²) in [6, 6.07) is 5.82. The Bertz CT molecular complexity index is 530. The molecule has 116 valence electrons. The van der Waals surface area contributed by atoms with E-state index in [0.29, 0.717) is 22.1 Å². The van der Waals surface area contributed by atoms with Crippen LogP contribution in [0.3, 0.4) is 0 Å². The van der Waals surface area contributed by atoms with Crippen molar-refractivity contribution in [2.75, 3.05) is 7.05 Å². The number of piperidine rings is 1. The van der Waals surface area contributed by atoms with Crippen LogP contribution < -0.4 is 5.32 Å². The molecular formula is C15H19BrClFN2O. The summed E-state index contributed by atoms with van der Waals surface area (Å²) in [7, 11) is 1.86. The highest BCUT2D eigenvalue weighted by atomic mass is 79.9. The fraction of sp³-hybridized carbons (Fsp3) is 0.533. The van der Waals surface area contributed by atoms with Crippen molar-refractivity contribution >= 4 is 34.2 Å². The number of hydrogen-bond acceptors (Lipinski definition) is 2. The Hall–Kier alpha value is -0.650. The predicted molar refractivity (Wildman–Crippen MR) is 86.4 cm³/mol. The van der Waals surface area contributed by atoms with E-state index < -0.39 is 0 Å². The van der Waals surface area contributed by atoms with E-state index in [1.165, 1.54) is 18.9 Å². The van der Waals surface area contributed by atoms with Gasteiger partial charge in [0, 0.05) is 30.7 Å². The highest BCUT2D eigenvalue weighted by molar-refractivity contribution is 9.10. The molecule has 1 amide bonds. The first kappa shape index (κ1) is 16.7. The van der Waals surface area contributed by atoms with Crippen molar-refractivity contribution in [1.29, 1.82) is 0 Å². The quantitative estimate of drug-likeness (QED) is 0.857. The Morgan fingerprint density at radius 3 is 2.52 bits per heavy atom. The van der Waals surface area contributed by atoms with E-state index in [4.69, 9.17) is 0 Å². The van der Waals surface area contributed by atoms with Crippen LogP contribution in [-0.4, -0.2) is 36.0 Å². The Morgan fingerprint density at radius 2 is 1.95 bits per heavy atom. The van der Waals surface area contributed by atoms with Crippen LogP contribution in [0.1, 0.15) is 36.0 Å². The maximum absolute atomic E-state index is 13.2. The molecule has 2 heterocycles. The summed E-state index contributed by atoms with van der Waals surface area (Å²) >= 11 is 3.13. The van der Waals surface area contributed by atoms with Crippen LogP contribution in [0, 0.1) is 5.82 Å². The fourth-order valence-corrected chi connectivity index (χ4v) is 3.72. The van der Waals surface area contributed by atoms with Crippen LogP contribution in [0.2, 0.25) is 0 Å². The predicted octanol–water partition coefficient (Wildman–Crippen LogP) is 3.37. The molecule has 0 spiro atoms. The lowest BCUT2D eigenvalue weighted by molar-refractivity contribution is 0.0681. The molecular weight excluding hydrogens is 359 g/mol. The molecule has 21 heavy (non-hydrogen) atoms. The van der Waals surface area contributed by atoms with Gasteiger partial charge in [-0.15, -0.1) is 12.4 Å². The smallest absolute Gasteiger partial charge is 0.253 e. The molecule has 1 N–H and O–H groups in total. The second kappa shape index (κ2) is 6.63. The van der Waals surface area contributed by atoms with Crippen molar-refractivity contribution < 1.29 is 9.18 Å². The number of amides is 1. The number of rotatable bonds is 2. The minimum atomic E-state index is -0.343. The zero-order valence-electron chi connectivity index (χ0n) is 11.8. The largest absolute Gasteiger partial charge is 0.339 e. The van der Waals surface area contributed by atoms with Crippen molar-refractivity contribution in [3.63, 3.8) is 0 Å². The lowest BCUT2D eigenvalue weighted by Gasteiger charge is -2.35. The summed E-state index contributed by atoms with van der Waals surface area (Å²) < 4.78 is 13.6. The Kier molecular flexibility index (Phi) is 5.28. The molecule has 2 aliphatic rings. The number of nitrogens with one attached hydrogen (secondary N) is 1. The molecule has 3 nitrogen and oxygen atoms in total. The van der Waals surface area contributed by atoms with Gasteiger partial charge in [0.25, 0.3) is 5.91 Å². The first-order valence-corrected chi connectivity index (χ1v) is 7.82. The highest BCUT2D eigenvalue weighted by Crippen LogP contribution is 2.30. The Labute approximate surface area is 138 Å². The van der Waals surface area contributed by atoms with Gasteiger partial charge in [-0.3, -0.25) is 4.79 Å². The van der Waals surface area contributed by atoms with Crippen LogP contribution in [-0.2, 0) is 0 Å². The zero-order valence-corrected chi connectivity index (χ0v) is 14.2. The summed E-state index contributed by atoms with van der Waals surface area (Å²) in [5.74, 6) is -0.374. The summed E-state index contributed by atoms with van der Waals surface area (Å²) in [4.78, 5) is 14.3. The number of hydrogen-bond donors (Lipinski definition) is 1. The monoisotopic (exact) mass is 376 g/mol. The fourth-order valence-electron chi connectivity index (χ4n) is 3.34. The molecule has 2 unspecified atom stereocenters. The third kappa shape index (κ3) is 3.41. The zero-order chi connectivity index (χ0) is 14.3. The average molecular weight is 378 g/mol. The van der Waals surface area contributed by atoms with Gasteiger partial charge in [0.15, 0.2) is 0 Å². The minimum absolute atomic E-state index is 0. The van der Waals surface area contributed by atoms with Gasteiger partial charge < -0.3 is 10.2 Å². The van der Waals surface area contributed by atoms with Crippen LogP contribution in [0.25, 0.3) is 0 Å². The maximum atomic E-state index is 13.2. The number of benzene rings is 1. The highest BCUT2D eigenvalue weighted by Gasteiger charge is 2.36. The molecule has 2 bridgehead atoms. The molecule has 1 aromatic rings. The number of halogens is 3. The summed E-state index contributed by atoms with van der Waals surface area (Å²) in [5, 5.41) is 3.58. The third-order valence-electron chi connectivity index (χ3n) is 4.48. The second-order valence-electron chi connectivity index (χ2n) is 5.81. The molecule has 0 saturated carbocycles. The SMILES string of the molecule is CN(C(=O)c1ccc(F)c(Br)c1)C1CC2CCC(C1)N2.Cl. The van der Waals surface area contributed by atoms with Crippen molar-refractivity contribution in [3.8, 4) is 0 Å². The van der Waals surface area contributed by atoms with Gasteiger partial charge in [-0.05, 0) is 59.8 Å². The lowest BCUT2D eigenvalue weighted by Crippen LogP contribution is -2.48. The third-order valence-corrected chi connectivity index (χ3v) is 5.09. The van der Waals surface area contributed by atoms with Crippen LogP contribution in [0.15, 0.2) is 22.7 Å². The van der Waals surface area contributed by atoms with Gasteiger partial charge >= 0.3 is 0 Å². The van der Waals surface area contributed by atoms with Gasteiger partial charge in [-0.2, -0.15) is 0 Å². The maximum Gasteiger partial charge on any atom is 0.253 e. The van der Waals surface area contributed by atoms with Crippen molar-refractivity contribution in [2.24, 2.45) is 0 Å². The van der Waals surface area contributed by atoms with E-state index in [-0.39, 0.29) is 30.2 Å². The molecule has 1 aromatic carbocycles. The number of carbonyl (C=O) groups is 1. The van der Waals surface area contributed by atoms with E-state index in [0.717, 1.165) is 12.8 Å². The number of nitrogens with zero attached hydrogens (tertiary/aromatic N) is 1. The van der Waals surface area contributed by atoms with E-state index in [1.54, 1.807) is 12.1 Å². The topological polar surface area (TPSA) is 32.3 Å². The summed E-state index contributed by atoms with van der Waals surface area (Å²) in [6.07, 6.45) is 4.46. The second-order valence-corrected chi connectivity index (χ2v) is 6.66. The first-order chi connectivity index (χ1) is 9.54. The number of fused-ring (bicyclic) bond motifs is 2. The van der Waals surface area contributed by atoms with Gasteiger partial charge in [-0.1, -0.05) is 0 Å². The molecule has 2 atom stereocenters. The standard InChI is InChI=1S/C15H18BrFN2O.ClH/c1-19(12-7-10-3-4-11(8-12)18-10)15(20)9-2-5-14(17)13(16)6-9;/h2,5-6,10-12,18H,3-4,7-8H2,1H3;1H. The van der Waals surface area contributed by atoms with E-state index in [2.05, 4.69) is 21.2 Å². The first-order valence-electron chi connectivity index (χ1n) is 7.03. The summed E-state index contributed by atoms with van der Waals surface area (Å²) in [6.45, 7) is 0. The van der Waals surface area contributed by atoms with Crippen molar-refractivity contribution in [3.05, 3.63) is 34.1 Å². The molecule has 3 rings (SSSR count). The minimum Gasteiger partial charge on any atom is -0.339 e. The molecule has 2 saturated heterocycles. The van der Waals surface area contributed by atoms with Crippen LogP contribution >= 0.6 is 28.3 Å². The molecule has 6 heteroatoms.